The Kier molecular flexibility index (Phi) is 1.90. The Morgan fingerprint density at radius 2 is 1.81 bits per heavy atom. The Bertz CT molecular complexity index is 635. The number of fused-ring (bicyclic) bond motifs is 1. The Balaban J connectivity index is 2.31. The van der Waals surface area contributed by atoms with Gasteiger partial charge in [0.2, 0.25) is 0 Å². The molecule has 0 bridgehead atoms. The summed E-state index contributed by atoms with van der Waals surface area (Å²) in [6.07, 6.45) is 0. The molecule has 0 amide bonds. The van der Waals surface area contributed by atoms with Crippen LogP contribution < -0.4 is 5.73 Å². The van der Waals surface area contributed by atoms with Crippen LogP contribution in [-0.4, -0.2) is 10.2 Å². The Morgan fingerprint density at radius 3 is 2.62 bits per heavy atom. The lowest BCUT2D eigenvalue weighted by Gasteiger charge is -2.02. The molecule has 0 saturated heterocycles. The normalized spacial score (nSPS) is 10.8. The molecule has 0 unspecified atom stereocenters. The van der Waals surface area contributed by atoms with E-state index in [9.17, 15) is 0 Å². The van der Waals surface area contributed by atoms with Crippen molar-refractivity contribution in [3.8, 4) is 11.3 Å². The zero-order chi connectivity index (χ0) is 11.0. The van der Waals surface area contributed by atoms with Gasteiger partial charge in [-0.1, -0.05) is 42.5 Å². The van der Waals surface area contributed by atoms with Gasteiger partial charge in [0.25, 0.3) is 0 Å². The number of nitrogens with two attached hydrogens (primary N) is 1. The van der Waals surface area contributed by atoms with Gasteiger partial charge in [-0.25, -0.2) is 0 Å². The van der Waals surface area contributed by atoms with Gasteiger partial charge in [0.15, 0.2) is 0 Å². The molecule has 16 heavy (non-hydrogen) atoms. The predicted molar refractivity (Wildman–Crippen MR) is 65.9 cm³/mol. The van der Waals surface area contributed by atoms with Crippen molar-refractivity contribution in [1.82, 2.24) is 10.2 Å². The number of nitrogens with one attached hydrogen (secondary N) is 1. The van der Waals surface area contributed by atoms with Gasteiger partial charge in [0.05, 0.1) is 5.69 Å². The molecule has 0 radical (unpaired) electrons. The first-order chi connectivity index (χ1) is 7.84. The van der Waals surface area contributed by atoms with Gasteiger partial charge in [0.1, 0.15) is 5.82 Å². The van der Waals surface area contributed by atoms with Crippen molar-refractivity contribution in [3.63, 3.8) is 0 Å². The van der Waals surface area contributed by atoms with Crippen molar-refractivity contribution in [3.05, 3.63) is 48.5 Å². The highest BCUT2D eigenvalue weighted by molar-refractivity contribution is 5.95. The molecule has 3 heteroatoms. The topological polar surface area (TPSA) is 54.7 Å². The van der Waals surface area contributed by atoms with Crippen molar-refractivity contribution in [2.75, 3.05) is 5.73 Å². The van der Waals surface area contributed by atoms with Gasteiger partial charge in [-0.05, 0) is 10.8 Å². The third kappa shape index (κ3) is 1.34. The molecule has 0 aliphatic carbocycles. The van der Waals surface area contributed by atoms with E-state index < -0.39 is 0 Å². The van der Waals surface area contributed by atoms with Crippen LogP contribution in [0.25, 0.3) is 22.0 Å². The summed E-state index contributed by atoms with van der Waals surface area (Å²) >= 11 is 0. The molecule has 1 aromatic heterocycles. The van der Waals surface area contributed by atoms with Gasteiger partial charge in [-0.2, -0.15) is 5.10 Å². The molecular formula is C13H11N3. The number of hydrogen-bond acceptors (Lipinski definition) is 2. The van der Waals surface area contributed by atoms with Crippen molar-refractivity contribution in [1.29, 1.82) is 0 Å². The third-order valence-corrected chi connectivity index (χ3v) is 2.66. The summed E-state index contributed by atoms with van der Waals surface area (Å²) < 4.78 is 0. The largest absolute Gasteiger partial charge is 0.384 e. The molecular weight excluding hydrogens is 198 g/mol. The fourth-order valence-electron chi connectivity index (χ4n) is 1.92. The van der Waals surface area contributed by atoms with Crippen LogP contribution in [0.4, 0.5) is 5.82 Å². The van der Waals surface area contributed by atoms with Crippen molar-refractivity contribution in [2.24, 2.45) is 0 Å². The molecule has 78 valence electrons. The molecule has 0 atom stereocenters. The number of anilines is 1. The number of H-pyrrole nitrogens is 1. The number of nitrogen functional groups attached to an aromatic ring is 1. The first-order valence-corrected chi connectivity index (χ1v) is 5.13. The van der Waals surface area contributed by atoms with Crippen molar-refractivity contribution in [2.45, 2.75) is 0 Å². The minimum absolute atomic E-state index is 0.586. The summed E-state index contributed by atoms with van der Waals surface area (Å²) in [4.78, 5) is 0. The van der Waals surface area contributed by atoms with E-state index in [-0.39, 0.29) is 0 Å². The Morgan fingerprint density at radius 1 is 1.00 bits per heavy atom. The van der Waals surface area contributed by atoms with Crippen LogP contribution in [0.5, 0.6) is 0 Å². The van der Waals surface area contributed by atoms with Gasteiger partial charge in [0, 0.05) is 11.6 Å². The lowest BCUT2D eigenvalue weighted by Crippen LogP contribution is -1.81. The summed E-state index contributed by atoms with van der Waals surface area (Å²) in [5.41, 5.74) is 7.63. The lowest BCUT2D eigenvalue weighted by molar-refractivity contribution is 1.10. The van der Waals surface area contributed by atoms with E-state index in [2.05, 4.69) is 34.5 Å². The van der Waals surface area contributed by atoms with E-state index in [0.717, 1.165) is 11.3 Å². The van der Waals surface area contributed by atoms with Crippen LogP contribution in [0.3, 0.4) is 0 Å². The minimum atomic E-state index is 0.586. The van der Waals surface area contributed by atoms with Crippen molar-refractivity contribution < 1.29 is 0 Å². The monoisotopic (exact) mass is 209 g/mol. The van der Waals surface area contributed by atoms with Gasteiger partial charge in [-0.3, -0.25) is 5.10 Å². The van der Waals surface area contributed by atoms with Gasteiger partial charge in [-0.15, -0.1) is 0 Å². The minimum Gasteiger partial charge on any atom is -0.384 e. The van der Waals surface area contributed by atoms with Crippen molar-refractivity contribution >= 4 is 16.6 Å². The smallest absolute Gasteiger partial charge is 0.119 e. The van der Waals surface area contributed by atoms with Crippen LogP contribution in [0.2, 0.25) is 0 Å². The fourth-order valence-corrected chi connectivity index (χ4v) is 1.92. The maximum Gasteiger partial charge on any atom is 0.119 e. The first kappa shape index (κ1) is 8.97. The number of aromatic nitrogens is 2. The molecule has 0 saturated carbocycles. The zero-order valence-corrected chi connectivity index (χ0v) is 8.64. The van der Waals surface area contributed by atoms with Crippen LogP contribution in [0.1, 0.15) is 0 Å². The Hall–Kier alpha value is -2.29. The summed E-state index contributed by atoms with van der Waals surface area (Å²) in [7, 11) is 0. The summed E-state index contributed by atoms with van der Waals surface area (Å²) in [6.45, 7) is 0. The summed E-state index contributed by atoms with van der Waals surface area (Å²) in [6, 6.07) is 16.3. The lowest BCUT2D eigenvalue weighted by atomic mass is 10.0. The summed E-state index contributed by atoms with van der Waals surface area (Å²) in [5.74, 6) is 0.586. The molecule has 0 spiro atoms. The molecule has 1 heterocycles. The van der Waals surface area contributed by atoms with Crippen LogP contribution in [0, 0.1) is 0 Å². The average molecular weight is 209 g/mol. The van der Waals surface area contributed by atoms with Gasteiger partial charge >= 0.3 is 0 Å². The van der Waals surface area contributed by atoms with E-state index in [0.29, 0.717) is 5.82 Å². The standard InChI is InChI=1S/C13H11N3/c14-13-8-12(15-16-13)11-7-3-5-9-4-1-2-6-10(9)11/h1-8H,(H3,14,15,16). The average Bonchev–Trinajstić information content (AvgIpc) is 2.75. The van der Waals surface area contributed by atoms with E-state index in [1.165, 1.54) is 10.8 Å². The number of hydrogen-bond donors (Lipinski definition) is 2. The van der Waals surface area contributed by atoms with Crippen LogP contribution in [-0.2, 0) is 0 Å². The van der Waals surface area contributed by atoms with Crippen LogP contribution in [0.15, 0.2) is 48.5 Å². The molecule has 3 rings (SSSR count). The van der Waals surface area contributed by atoms with E-state index in [1.54, 1.807) is 0 Å². The summed E-state index contributed by atoms with van der Waals surface area (Å²) in [5, 5.41) is 9.35. The van der Waals surface area contributed by atoms with E-state index >= 15 is 0 Å². The molecule has 0 fully saturated rings. The SMILES string of the molecule is Nc1cc(-c2cccc3ccccc23)n[nH]1. The second-order valence-electron chi connectivity index (χ2n) is 3.74. The number of benzene rings is 2. The molecule has 3 nitrogen and oxygen atoms in total. The highest BCUT2D eigenvalue weighted by Crippen LogP contribution is 2.27. The van der Waals surface area contributed by atoms with E-state index in [4.69, 9.17) is 5.73 Å². The molecule has 3 N–H and O–H groups in total. The predicted octanol–water partition coefficient (Wildman–Crippen LogP) is 2.81. The fraction of sp³-hybridized carbons (Fsp3) is 0. The first-order valence-electron chi connectivity index (χ1n) is 5.13. The van der Waals surface area contributed by atoms with E-state index in [1.807, 2.05) is 24.3 Å². The highest BCUT2D eigenvalue weighted by atomic mass is 15.2. The molecule has 0 aliphatic rings. The number of aromatic amines is 1. The quantitative estimate of drug-likeness (QED) is 0.647. The van der Waals surface area contributed by atoms with Gasteiger partial charge < -0.3 is 5.73 Å². The second kappa shape index (κ2) is 3.38. The molecule has 3 aromatic rings. The zero-order valence-electron chi connectivity index (χ0n) is 8.64. The number of rotatable bonds is 1. The maximum atomic E-state index is 5.64. The number of nitrogens with zero attached hydrogens (tertiary/aromatic N) is 1. The Labute approximate surface area is 92.9 Å². The molecule has 2 aromatic carbocycles. The second-order valence-corrected chi connectivity index (χ2v) is 3.74. The van der Waals surface area contributed by atoms with Crippen LogP contribution >= 0.6 is 0 Å². The molecule has 0 aliphatic heterocycles. The highest BCUT2D eigenvalue weighted by Gasteiger charge is 2.05. The third-order valence-electron chi connectivity index (χ3n) is 2.66. The maximum absolute atomic E-state index is 5.64.